The van der Waals surface area contributed by atoms with Crippen molar-refractivity contribution < 1.29 is 9.53 Å². The Morgan fingerprint density at radius 3 is 2.21 bits per heavy atom. The van der Waals surface area contributed by atoms with Gasteiger partial charge < -0.3 is 21.1 Å². The van der Waals surface area contributed by atoms with Crippen molar-refractivity contribution in [3.8, 4) is 0 Å². The van der Waals surface area contributed by atoms with Crippen LogP contribution in [0.4, 0.5) is 4.79 Å². The van der Waals surface area contributed by atoms with E-state index < -0.39 is 0 Å². The summed E-state index contributed by atoms with van der Waals surface area (Å²) in [7, 11) is 0. The van der Waals surface area contributed by atoms with Gasteiger partial charge in [-0.05, 0) is 136 Å². The molecule has 0 radical (unpaired) electrons. The number of ether oxygens (including phenoxy) is 1. The molecular weight excluding hydrogens is 637 g/mol. The summed E-state index contributed by atoms with van der Waals surface area (Å²) in [5.74, 6) is 5.96. The van der Waals surface area contributed by atoms with Gasteiger partial charge >= 0.3 is 6.09 Å². The Morgan fingerprint density at radius 1 is 0.875 bits per heavy atom. The topological polar surface area (TPSA) is 81.6 Å². The van der Waals surface area contributed by atoms with Crippen molar-refractivity contribution in [1.82, 2.24) is 4.90 Å². The van der Waals surface area contributed by atoms with Crippen molar-refractivity contribution in [3.05, 3.63) is 11.6 Å². The molecule has 7 heteroatoms. The summed E-state index contributed by atoms with van der Waals surface area (Å²) in [5, 5.41) is 0. The molecule has 0 saturated heterocycles. The molecule has 0 spiro atoms. The number of amides is 1. The Morgan fingerprint density at radius 2 is 1.54 bits per heavy atom. The number of halogens is 2. The summed E-state index contributed by atoms with van der Waals surface area (Å²) in [6, 6.07) is 0. The third-order valence-electron chi connectivity index (χ3n) is 14.3. The maximum atomic E-state index is 13.4. The normalized spacial score (nSPS) is 32.1. The van der Waals surface area contributed by atoms with Gasteiger partial charge in [0.05, 0.1) is 0 Å². The standard InChI is InChI=1S/C41H75N3O2.2ClH/c1-7-32(30(2)3)16-15-31(4)36-19-20-37-35-18-17-33-29-34(21-23-40(33,5)38(35)22-24-41(36,37)6)46-39(45)44(28-14-26-43)27-13-11-9-8-10-12-25-42;;/h17,30-32,34-38H,7-16,18-29,42-43H2,1-6H3;2*1H/t31-,32-,34?,35?,36?,37?,38?,40?,41?;;/m1../s1. The second kappa shape index (κ2) is 20.5. The third kappa shape index (κ3) is 10.3. The first-order chi connectivity index (χ1) is 22.1. The fourth-order valence-electron chi connectivity index (χ4n) is 11.3. The molecule has 4 aliphatic rings. The molecule has 282 valence electrons. The van der Waals surface area contributed by atoms with Crippen LogP contribution in [-0.2, 0) is 4.74 Å². The van der Waals surface area contributed by atoms with Gasteiger partial charge in [-0.1, -0.05) is 91.7 Å². The van der Waals surface area contributed by atoms with E-state index >= 15 is 0 Å². The Bertz CT molecular complexity index is 977. The molecular formula is C41H77Cl2N3O2. The average Bonchev–Trinajstić information content (AvgIpc) is 3.39. The van der Waals surface area contributed by atoms with E-state index in [0.717, 1.165) is 93.0 Å². The van der Waals surface area contributed by atoms with Crippen LogP contribution in [0, 0.1) is 52.3 Å². The lowest BCUT2D eigenvalue weighted by Crippen LogP contribution is -2.51. The largest absolute Gasteiger partial charge is 0.446 e. The molecule has 4 rings (SSSR count). The number of allylic oxidation sites excluding steroid dienone is 1. The highest BCUT2D eigenvalue weighted by atomic mass is 35.5. The number of hydrogen-bond donors (Lipinski definition) is 2. The lowest BCUT2D eigenvalue weighted by Gasteiger charge is -2.58. The molecule has 0 aromatic rings. The van der Waals surface area contributed by atoms with Crippen LogP contribution in [0.15, 0.2) is 11.6 Å². The van der Waals surface area contributed by atoms with Crippen molar-refractivity contribution in [2.24, 2.45) is 63.7 Å². The number of fused-ring (bicyclic) bond motifs is 5. The van der Waals surface area contributed by atoms with Gasteiger partial charge in [0.2, 0.25) is 0 Å². The highest BCUT2D eigenvalue weighted by molar-refractivity contribution is 5.85. The molecule has 4 aliphatic carbocycles. The number of unbranched alkanes of at least 4 members (excludes halogenated alkanes) is 5. The van der Waals surface area contributed by atoms with Gasteiger partial charge in [-0.3, -0.25) is 0 Å². The van der Waals surface area contributed by atoms with E-state index in [2.05, 4.69) is 47.6 Å². The Balaban J connectivity index is 0.00000400. The van der Waals surface area contributed by atoms with Crippen LogP contribution in [0.5, 0.6) is 0 Å². The van der Waals surface area contributed by atoms with Crippen LogP contribution in [0.2, 0.25) is 0 Å². The number of nitrogens with zero attached hydrogens (tertiary/aromatic N) is 1. The van der Waals surface area contributed by atoms with E-state index in [1.165, 1.54) is 77.0 Å². The minimum atomic E-state index is -0.113. The molecule has 0 aliphatic heterocycles. The van der Waals surface area contributed by atoms with Crippen molar-refractivity contribution in [1.29, 1.82) is 0 Å². The Kier molecular flexibility index (Phi) is 18.7. The van der Waals surface area contributed by atoms with Gasteiger partial charge in [0.25, 0.3) is 0 Å². The van der Waals surface area contributed by atoms with E-state index in [0.29, 0.717) is 18.5 Å². The molecule has 9 atom stereocenters. The molecule has 3 saturated carbocycles. The second-order valence-electron chi connectivity index (χ2n) is 17.2. The monoisotopic (exact) mass is 714 g/mol. The lowest BCUT2D eigenvalue weighted by molar-refractivity contribution is -0.0595. The molecule has 4 N–H and O–H groups in total. The van der Waals surface area contributed by atoms with Crippen LogP contribution in [0.25, 0.3) is 0 Å². The summed E-state index contributed by atoms with van der Waals surface area (Å²) < 4.78 is 6.27. The first-order valence-corrected chi connectivity index (χ1v) is 20.1. The number of hydrogen-bond acceptors (Lipinski definition) is 4. The highest BCUT2D eigenvalue weighted by Gasteiger charge is 2.59. The van der Waals surface area contributed by atoms with E-state index in [-0.39, 0.29) is 42.4 Å². The van der Waals surface area contributed by atoms with Crippen LogP contribution in [0.3, 0.4) is 0 Å². The summed E-state index contributed by atoms with van der Waals surface area (Å²) in [6.45, 7) is 18.0. The zero-order chi connectivity index (χ0) is 33.3. The van der Waals surface area contributed by atoms with Crippen molar-refractivity contribution in [2.45, 2.75) is 163 Å². The number of rotatable bonds is 18. The average molecular weight is 715 g/mol. The third-order valence-corrected chi connectivity index (χ3v) is 14.3. The summed E-state index contributed by atoms with van der Waals surface area (Å²) >= 11 is 0. The molecule has 0 aromatic heterocycles. The molecule has 48 heavy (non-hydrogen) atoms. The first-order valence-electron chi connectivity index (χ1n) is 20.1. The Labute approximate surface area is 309 Å². The van der Waals surface area contributed by atoms with Gasteiger partial charge in [-0.2, -0.15) is 0 Å². The van der Waals surface area contributed by atoms with Crippen LogP contribution in [0.1, 0.15) is 157 Å². The van der Waals surface area contributed by atoms with Crippen LogP contribution in [-0.4, -0.2) is 43.3 Å². The summed E-state index contributed by atoms with van der Waals surface area (Å²) in [4.78, 5) is 15.3. The van der Waals surface area contributed by atoms with E-state index in [4.69, 9.17) is 16.2 Å². The van der Waals surface area contributed by atoms with Gasteiger partial charge in [0.1, 0.15) is 6.10 Å². The lowest BCUT2D eigenvalue weighted by atomic mass is 9.47. The minimum absolute atomic E-state index is 0. The molecule has 0 heterocycles. The van der Waals surface area contributed by atoms with Crippen molar-refractivity contribution in [3.63, 3.8) is 0 Å². The van der Waals surface area contributed by atoms with E-state index in [1.807, 2.05) is 4.90 Å². The predicted molar refractivity (Wildman–Crippen MR) is 209 cm³/mol. The molecule has 1 amide bonds. The van der Waals surface area contributed by atoms with Crippen molar-refractivity contribution >= 4 is 30.9 Å². The van der Waals surface area contributed by atoms with E-state index in [1.54, 1.807) is 5.57 Å². The zero-order valence-electron chi connectivity index (χ0n) is 32.0. The molecule has 3 fully saturated rings. The van der Waals surface area contributed by atoms with Gasteiger partial charge in [-0.25, -0.2) is 4.79 Å². The summed E-state index contributed by atoms with van der Waals surface area (Å²) in [5.41, 5.74) is 13.9. The summed E-state index contributed by atoms with van der Waals surface area (Å²) in [6.07, 6.45) is 24.6. The van der Waals surface area contributed by atoms with Gasteiger partial charge in [0.15, 0.2) is 0 Å². The second-order valence-corrected chi connectivity index (χ2v) is 17.2. The quantitative estimate of drug-likeness (QED) is 0.109. The smallest absolute Gasteiger partial charge is 0.410 e. The van der Waals surface area contributed by atoms with Crippen LogP contribution < -0.4 is 11.5 Å². The fraction of sp³-hybridized carbons (Fsp3) is 0.927. The first kappa shape index (κ1) is 43.7. The molecule has 7 unspecified atom stereocenters. The minimum Gasteiger partial charge on any atom is -0.446 e. The fourth-order valence-corrected chi connectivity index (χ4v) is 11.3. The van der Waals surface area contributed by atoms with E-state index in [9.17, 15) is 4.79 Å². The van der Waals surface area contributed by atoms with Gasteiger partial charge in [-0.15, -0.1) is 24.8 Å². The SMILES string of the molecule is CC[C@H](CC[C@@H](C)C1CCC2C3CC=C4CC(OC(=O)N(CCCN)CCCCCCCCN)CCC4(C)C3CCC21C)C(C)C.Cl.Cl. The van der Waals surface area contributed by atoms with Gasteiger partial charge in [0, 0.05) is 19.5 Å². The number of carbonyl (C=O) groups is 1. The number of carbonyl (C=O) groups excluding carboxylic acids is 1. The van der Waals surface area contributed by atoms with Crippen molar-refractivity contribution in [2.75, 3.05) is 26.2 Å². The zero-order valence-corrected chi connectivity index (χ0v) is 33.6. The number of nitrogens with two attached hydrogens (primary N) is 2. The predicted octanol–water partition coefficient (Wildman–Crippen LogP) is 11.0. The highest BCUT2D eigenvalue weighted by Crippen LogP contribution is 2.67. The maximum absolute atomic E-state index is 13.4. The Hall–Kier alpha value is -0.490. The maximum Gasteiger partial charge on any atom is 0.410 e. The molecule has 5 nitrogen and oxygen atoms in total. The molecule has 0 aromatic carbocycles. The molecule has 0 bridgehead atoms. The van der Waals surface area contributed by atoms with Crippen LogP contribution >= 0.6 is 24.8 Å².